The van der Waals surface area contributed by atoms with Crippen LogP contribution in [0.15, 0.2) is 48.5 Å². The molecule has 0 saturated carbocycles. The van der Waals surface area contributed by atoms with E-state index >= 15 is 0 Å². The molecule has 0 aliphatic rings. The van der Waals surface area contributed by atoms with E-state index in [4.69, 9.17) is 11.6 Å². The second-order valence-electron chi connectivity index (χ2n) is 5.48. The van der Waals surface area contributed by atoms with Gasteiger partial charge in [0, 0.05) is 21.8 Å². The molecular weight excluding hydrogens is 312 g/mol. The van der Waals surface area contributed by atoms with Crippen molar-refractivity contribution in [3.8, 4) is 0 Å². The monoisotopic (exact) mass is 331 g/mol. The molecule has 1 atom stereocenters. The Labute approximate surface area is 140 Å². The fraction of sp³-hybridized carbons (Fsp3) is 0.222. The van der Waals surface area contributed by atoms with Crippen molar-refractivity contribution in [1.29, 1.82) is 0 Å². The fourth-order valence-electron chi connectivity index (χ4n) is 2.08. The van der Waals surface area contributed by atoms with Crippen molar-refractivity contribution < 1.29 is 14.9 Å². The Kier molecular flexibility index (Phi) is 5.90. The SMILES string of the molecule is CC(=O)c1ccc(NC(=O)[C@H](C)[NH2+]Cc2ccc(Cl)cc2)cc1. The molecule has 2 aromatic carbocycles. The van der Waals surface area contributed by atoms with E-state index in [-0.39, 0.29) is 17.7 Å². The van der Waals surface area contributed by atoms with Gasteiger partial charge in [-0.15, -0.1) is 0 Å². The summed E-state index contributed by atoms with van der Waals surface area (Å²) in [6.45, 7) is 4.08. The van der Waals surface area contributed by atoms with Crippen LogP contribution in [0.1, 0.15) is 29.8 Å². The van der Waals surface area contributed by atoms with Crippen molar-refractivity contribution in [2.24, 2.45) is 0 Å². The van der Waals surface area contributed by atoms with E-state index in [1.807, 2.05) is 36.5 Å². The Morgan fingerprint density at radius 1 is 1.09 bits per heavy atom. The molecule has 0 bridgehead atoms. The van der Waals surface area contributed by atoms with Crippen LogP contribution in [-0.4, -0.2) is 17.7 Å². The highest BCUT2D eigenvalue weighted by Crippen LogP contribution is 2.10. The molecule has 0 unspecified atom stereocenters. The van der Waals surface area contributed by atoms with Gasteiger partial charge in [-0.2, -0.15) is 0 Å². The molecule has 0 aliphatic carbocycles. The molecule has 0 spiro atoms. The number of carbonyl (C=O) groups is 2. The zero-order valence-corrected chi connectivity index (χ0v) is 13.9. The number of anilines is 1. The molecule has 0 radical (unpaired) electrons. The first-order chi connectivity index (χ1) is 11.0. The molecule has 0 fully saturated rings. The minimum atomic E-state index is -0.224. The molecule has 23 heavy (non-hydrogen) atoms. The van der Waals surface area contributed by atoms with Crippen molar-refractivity contribution >= 4 is 29.0 Å². The zero-order valence-electron chi connectivity index (χ0n) is 13.2. The predicted octanol–water partition coefficient (Wildman–Crippen LogP) is 2.63. The lowest BCUT2D eigenvalue weighted by Crippen LogP contribution is -2.90. The highest BCUT2D eigenvalue weighted by molar-refractivity contribution is 6.30. The predicted molar refractivity (Wildman–Crippen MR) is 91.6 cm³/mol. The van der Waals surface area contributed by atoms with Gasteiger partial charge < -0.3 is 10.6 Å². The van der Waals surface area contributed by atoms with Gasteiger partial charge in [0.2, 0.25) is 0 Å². The molecule has 5 heteroatoms. The largest absolute Gasteiger partial charge is 0.333 e. The van der Waals surface area contributed by atoms with Gasteiger partial charge in [0.1, 0.15) is 6.54 Å². The summed E-state index contributed by atoms with van der Waals surface area (Å²) in [5.74, 6) is -0.0675. The Morgan fingerprint density at radius 2 is 1.70 bits per heavy atom. The van der Waals surface area contributed by atoms with Crippen LogP contribution in [0.3, 0.4) is 0 Å². The first-order valence-electron chi connectivity index (χ1n) is 7.45. The maximum absolute atomic E-state index is 12.2. The summed E-state index contributed by atoms with van der Waals surface area (Å²) in [6.07, 6.45) is 0. The van der Waals surface area contributed by atoms with Crippen molar-refractivity contribution in [1.82, 2.24) is 0 Å². The Bertz CT molecular complexity index is 681. The van der Waals surface area contributed by atoms with E-state index in [9.17, 15) is 9.59 Å². The smallest absolute Gasteiger partial charge is 0.282 e. The van der Waals surface area contributed by atoms with Crippen LogP contribution < -0.4 is 10.6 Å². The normalized spacial score (nSPS) is 11.8. The molecule has 2 rings (SSSR count). The molecule has 120 valence electrons. The third kappa shape index (κ3) is 5.20. The van der Waals surface area contributed by atoms with E-state index in [0.717, 1.165) is 5.56 Å². The van der Waals surface area contributed by atoms with Crippen LogP contribution in [0.2, 0.25) is 5.02 Å². The van der Waals surface area contributed by atoms with Gasteiger partial charge in [-0.25, -0.2) is 0 Å². The minimum Gasteiger partial charge on any atom is -0.333 e. The van der Waals surface area contributed by atoms with Crippen molar-refractivity contribution in [3.63, 3.8) is 0 Å². The highest BCUT2D eigenvalue weighted by Gasteiger charge is 2.16. The van der Waals surface area contributed by atoms with Crippen molar-refractivity contribution in [2.75, 3.05) is 5.32 Å². The summed E-state index contributed by atoms with van der Waals surface area (Å²) in [4.78, 5) is 23.4. The highest BCUT2D eigenvalue weighted by atomic mass is 35.5. The zero-order chi connectivity index (χ0) is 16.8. The lowest BCUT2D eigenvalue weighted by atomic mass is 10.1. The number of amides is 1. The van der Waals surface area contributed by atoms with E-state index in [2.05, 4.69) is 5.32 Å². The molecule has 1 amide bonds. The van der Waals surface area contributed by atoms with Crippen LogP contribution in [0.4, 0.5) is 5.69 Å². The Hall–Kier alpha value is -2.17. The summed E-state index contributed by atoms with van der Waals surface area (Å²) in [5, 5.41) is 5.51. The number of hydrogen-bond acceptors (Lipinski definition) is 2. The number of nitrogens with two attached hydrogens (primary N) is 1. The minimum absolute atomic E-state index is 0.00698. The van der Waals surface area contributed by atoms with Gasteiger partial charge in [-0.05, 0) is 50.2 Å². The summed E-state index contributed by atoms with van der Waals surface area (Å²) in [6, 6.07) is 14.2. The second kappa shape index (κ2) is 7.90. The lowest BCUT2D eigenvalue weighted by molar-refractivity contribution is -0.688. The molecule has 0 saturated heterocycles. The molecule has 4 nitrogen and oxygen atoms in total. The van der Waals surface area contributed by atoms with Crippen molar-refractivity contribution in [2.45, 2.75) is 26.4 Å². The summed E-state index contributed by atoms with van der Waals surface area (Å²) >= 11 is 5.85. The van der Waals surface area contributed by atoms with Crippen LogP contribution >= 0.6 is 11.6 Å². The van der Waals surface area contributed by atoms with Gasteiger partial charge in [0.25, 0.3) is 5.91 Å². The number of hydrogen-bond donors (Lipinski definition) is 2. The third-order valence-electron chi connectivity index (χ3n) is 3.59. The van der Waals surface area contributed by atoms with Gasteiger partial charge >= 0.3 is 0 Å². The Balaban J connectivity index is 1.86. The van der Waals surface area contributed by atoms with Gasteiger partial charge in [0.05, 0.1) is 0 Å². The standard InChI is InChI=1S/C18H19ClN2O2/c1-12(20-11-14-3-7-16(19)8-4-14)18(23)21-17-9-5-15(6-10-17)13(2)22/h3-10,12,20H,11H2,1-2H3,(H,21,23)/p+1/t12-/m0/s1. The third-order valence-corrected chi connectivity index (χ3v) is 3.84. The van der Waals surface area contributed by atoms with Crippen LogP contribution in [0, 0.1) is 0 Å². The molecule has 2 aromatic rings. The van der Waals surface area contributed by atoms with E-state index in [0.29, 0.717) is 22.8 Å². The first kappa shape index (κ1) is 17.2. The number of Topliss-reactive ketones (excluding diaryl/α,β-unsaturated/α-hetero) is 1. The summed E-state index contributed by atoms with van der Waals surface area (Å²) in [5.41, 5.74) is 2.43. The molecule has 3 N–H and O–H groups in total. The van der Waals surface area contributed by atoms with Gasteiger partial charge in [0.15, 0.2) is 11.8 Å². The maximum atomic E-state index is 12.2. The van der Waals surface area contributed by atoms with Crippen LogP contribution in [0.5, 0.6) is 0 Å². The summed E-state index contributed by atoms with van der Waals surface area (Å²) < 4.78 is 0. The number of carbonyl (C=O) groups excluding carboxylic acids is 2. The van der Waals surface area contributed by atoms with E-state index in [1.54, 1.807) is 24.3 Å². The second-order valence-corrected chi connectivity index (χ2v) is 5.91. The average Bonchev–Trinajstić information content (AvgIpc) is 2.54. The van der Waals surface area contributed by atoms with Crippen molar-refractivity contribution in [3.05, 3.63) is 64.7 Å². The molecule has 0 aliphatic heterocycles. The number of rotatable bonds is 6. The van der Waals surface area contributed by atoms with Gasteiger partial charge in [-0.1, -0.05) is 23.7 Å². The van der Waals surface area contributed by atoms with E-state index < -0.39 is 0 Å². The molecule has 0 aromatic heterocycles. The quantitative estimate of drug-likeness (QED) is 0.799. The number of benzene rings is 2. The van der Waals surface area contributed by atoms with Crippen LogP contribution in [-0.2, 0) is 11.3 Å². The molecule has 0 heterocycles. The number of nitrogens with one attached hydrogen (secondary N) is 1. The topological polar surface area (TPSA) is 62.8 Å². The summed E-state index contributed by atoms with van der Waals surface area (Å²) in [7, 11) is 0. The lowest BCUT2D eigenvalue weighted by Gasteiger charge is -2.11. The average molecular weight is 332 g/mol. The van der Waals surface area contributed by atoms with E-state index in [1.165, 1.54) is 6.92 Å². The number of halogens is 1. The fourth-order valence-corrected chi connectivity index (χ4v) is 2.21. The first-order valence-corrected chi connectivity index (χ1v) is 7.83. The van der Waals surface area contributed by atoms with Gasteiger partial charge in [-0.3, -0.25) is 9.59 Å². The van der Waals surface area contributed by atoms with Crippen LogP contribution in [0.25, 0.3) is 0 Å². The number of ketones is 1. The molecular formula is C18H20ClN2O2+. The Morgan fingerprint density at radius 3 is 2.26 bits per heavy atom. The maximum Gasteiger partial charge on any atom is 0.282 e. The number of quaternary nitrogens is 1.